The molecular weight excluding hydrogens is 190 g/mol. The van der Waals surface area contributed by atoms with Crippen LogP contribution in [0.4, 0.5) is 0 Å². The van der Waals surface area contributed by atoms with Crippen molar-refractivity contribution in [2.24, 2.45) is 5.73 Å². The quantitative estimate of drug-likeness (QED) is 0.769. The van der Waals surface area contributed by atoms with E-state index in [1.807, 2.05) is 0 Å². The number of amides is 1. The van der Waals surface area contributed by atoms with Crippen LogP contribution in [-0.4, -0.2) is 15.9 Å². The molecule has 0 aromatic carbocycles. The Balaban J connectivity index is 3.22. The molecule has 0 atom stereocenters. The van der Waals surface area contributed by atoms with Crippen molar-refractivity contribution in [2.45, 2.75) is 19.3 Å². The summed E-state index contributed by atoms with van der Waals surface area (Å²) in [4.78, 5) is 18.9. The summed E-state index contributed by atoms with van der Waals surface area (Å²) < 4.78 is 0. The summed E-state index contributed by atoms with van der Waals surface area (Å²) in [6.07, 6.45) is 2.94. The first kappa shape index (κ1) is 9.92. The molecule has 0 saturated carbocycles. The van der Waals surface area contributed by atoms with E-state index in [4.69, 9.17) is 17.3 Å². The van der Waals surface area contributed by atoms with Crippen LogP contribution < -0.4 is 5.73 Å². The fourth-order valence-corrected chi connectivity index (χ4v) is 1.20. The molecule has 4 nitrogen and oxygen atoms in total. The van der Waals surface area contributed by atoms with E-state index < -0.39 is 11.3 Å². The molecule has 13 heavy (non-hydrogen) atoms. The van der Waals surface area contributed by atoms with E-state index in [0.29, 0.717) is 5.69 Å². The molecule has 70 valence electrons. The highest BCUT2D eigenvalue weighted by Crippen LogP contribution is 2.25. The van der Waals surface area contributed by atoms with Gasteiger partial charge >= 0.3 is 0 Å². The van der Waals surface area contributed by atoms with E-state index >= 15 is 0 Å². The average Bonchev–Trinajstić information content (AvgIpc) is 2.04. The third kappa shape index (κ3) is 1.78. The van der Waals surface area contributed by atoms with Gasteiger partial charge in [-0.25, -0.2) is 4.98 Å². The topological polar surface area (TPSA) is 68.9 Å². The number of carbonyl (C=O) groups excluding carboxylic acids is 1. The predicted molar refractivity (Wildman–Crippen MR) is 49.3 cm³/mol. The summed E-state index contributed by atoms with van der Waals surface area (Å²) >= 11 is 5.77. The second-order valence-electron chi connectivity index (χ2n) is 3.19. The molecule has 0 spiro atoms. The lowest BCUT2D eigenvalue weighted by atomic mass is 9.89. The lowest BCUT2D eigenvalue weighted by Gasteiger charge is -2.19. The largest absolute Gasteiger partial charge is 0.369 e. The number of nitrogens with two attached hydrogens (primary N) is 1. The average molecular weight is 200 g/mol. The molecule has 2 N–H and O–H groups in total. The Kier molecular flexibility index (Phi) is 2.52. The van der Waals surface area contributed by atoms with Crippen molar-refractivity contribution >= 4 is 17.5 Å². The maximum atomic E-state index is 11.1. The van der Waals surface area contributed by atoms with Crippen molar-refractivity contribution < 1.29 is 4.79 Å². The summed E-state index contributed by atoms with van der Waals surface area (Å²) in [7, 11) is 0. The minimum atomic E-state index is -0.884. The van der Waals surface area contributed by atoms with Gasteiger partial charge in [-0.15, -0.1) is 0 Å². The Hall–Kier alpha value is -1.16. The standard InChI is InChI=1S/C8H10ClN3O/c1-8(2,7(10)13)5-6(9)12-4-3-11-5/h3-4H,1-2H3,(H2,10,13). The molecule has 0 aliphatic carbocycles. The van der Waals surface area contributed by atoms with E-state index in [-0.39, 0.29) is 5.15 Å². The molecule has 0 aliphatic rings. The molecule has 1 amide bonds. The summed E-state index contributed by atoms with van der Waals surface area (Å²) in [5, 5.41) is 0.214. The molecule has 1 aromatic rings. The summed E-state index contributed by atoms with van der Waals surface area (Å²) in [5.41, 5.74) is 4.73. The van der Waals surface area contributed by atoms with Gasteiger partial charge in [0.05, 0.1) is 11.1 Å². The van der Waals surface area contributed by atoms with Crippen LogP contribution in [0.5, 0.6) is 0 Å². The molecule has 0 unspecified atom stereocenters. The first-order valence-electron chi connectivity index (χ1n) is 3.73. The van der Waals surface area contributed by atoms with Crippen molar-refractivity contribution in [3.8, 4) is 0 Å². The van der Waals surface area contributed by atoms with E-state index in [9.17, 15) is 4.79 Å². The van der Waals surface area contributed by atoms with Crippen molar-refractivity contribution in [3.63, 3.8) is 0 Å². The molecular formula is C8H10ClN3O. The normalized spacial score (nSPS) is 11.3. The first-order valence-corrected chi connectivity index (χ1v) is 4.11. The smallest absolute Gasteiger partial charge is 0.229 e. The second-order valence-corrected chi connectivity index (χ2v) is 3.54. The van der Waals surface area contributed by atoms with Gasteiger partial charge < -0.3 is 5.73 Å². The van der Waals surface area contributed by atoms with Gasteiger partial charge in [-0.05, 0) is 13.8 Å². The lowest BCUT2D eigenvalue weighted by molar-refractivity contribution is -0.122. The Labute approximate surface area is 81.1 Å². The van der Waals surface area contributed by atoms with E-state index in [1.165, 1.54) is 12.4 Å². The predicted octanol–water partition coefficient (Wildman–Crippen LogP) is 0.893. The number of primary amides is 1. The van der Waals surface area contributed by atoms with Gasteiger partial charge in [0.15, 0.2) is 5.15 Å². The third-order valence-electron chi connectivity index (χ3n) is 1.86. The van der Waals surface area contributed by atoms with Crippen LogP contribution in [0.1, 0.15) is 19.5 Å². The third-order valence-corrected chi connectivity index (χ3v) is 2.14. The van der Waals surface area contributed by atoms with Gasteiger partial charge in [-0.2, -0.15) is 0 Å². The Morgan fingerprint density at radius 3 is 2.46 bits per heavy atom. The van der Waals surface area contributed by atoms with Gasteiger partial charge in [0.1, 0.15) is 0 Å². The van der Waals surface area contributed by atoms with Crippen LogP contribution in [0.2, 0.25) is 5.15 Å². The number of carbonyl (C=O) groups is 1. The Morgan fingerprint density at radius 1 is 1.46 bits per heavy atom. The van der Waals surface area contributed by atoms with Gasteiger partial charge in [0, 0.05) is 12.4 Å². The maximum Gasteiger partial charge on any atom is 0.229 e. The van der Waals surface area contributed by atoms with Crippen LogP contribution >= 0.6 is 11.6 Å². The van der Waals surface area contributed by atoms with Crippen LogP contribution in [-0.2, 0) is 10.2 Å². The molecule has 1 aromatic heterocycles. The zero-order valence-corrected chi connectivity index (χ0v) is 8.17. The van der Waals surface area contributed by atoms with Crippen LogP contribution in [0.15, 0.2) is 12.4 Å². The van der Waals surface area contributed by atoms with Crippen molar-refractivity contribution in [3.05, 3.63) is 23.2 Å². The Morgan fingerprint density at radius 2 is 2.00 bits per heavy atom. The minimum absolute atomic E-state index is 0.214. The molecule has 1 rings (SSSR count). The second kappa shape index (κ2) is 3.30. The molecule has 1 heterocycles. The fraction of sp³-hybridized carbons (Fsp3) is 0.375. The number of hydrogen-bond acceptors (Lipinski definition) is 3. The highest BCUT2D eigenvalue weighted by molar-refractivity contribution is 6.30. The SMILES string of the molecule is CC(C)(C(N)=O)c1nccnc1Cl. The first-order chi connectivity index (χ1) is 5.96. The van der Waals surface area contributed by atoms with E-state index in [1.54, 1.807) is 13.8 Å². The van der Waals surface area contributed by atoms with Crippen LogP contribution in [0.25, 0.3) is 0 Å². The van der Waals surface area contributed by atoms with Crippen molar-refractivity contribution in [1.82, 2.24) is 9.97 Å². The van der Waals surface area contributed by atoms with Crippen LogP contribution in [0, 0.1) is 0 Å². The van der Waals surface area contributed by atoms with E-state index in [2.05, 4.69) is 9.97 Å². The maximum absolute atomic E-state index is 11.1. The van der Waals surface area contributed by atoms with Gasteiger partial charge in [-0.1, -0.05) is 11.6 Å². The van der Waals surface area contributed by atoms with E-state index in [0.717, 1.165) is 0 Å². The molecule has 0 saturated heterocycles. The zero-order chi connectivity index (χ0) is 10.1. The van der Waals surface area contributed by atoms with Crippen LogP contribution in [0.3, 0.4) is 0 Å². The molecule has 0 fully saturated rings. The van der Waals surface area contributed by atoms with Gasteiger partial charge in [-0.3, -0.25) is 9.78 Å². The number of hydrogen-bond donors (Lipinski definition) is 1. The molecule has 5 heteroatoms. The van der Waals surface area contributed by atoms with Crippen molar-refractivity contribution in [2.75, 3.05) is 0 Å². The lowest BCUT2D eigenvalue weighted by Crippen LogP contribution is -2.36. The molecule has 0 aliphatic heterocycles. The summed E-state index contributed by atoms with van der Waals surface area (Å²) in [5.74, 6) is -0.477. The molecule has 0 radical (unpaired) electrons. The fourth-order valence-electron chi connectivity index (χ4n) is 0.857. The number of halogens is 1. The number of nitrogens with zero attached hydrogens (tertiary/aromatic N) is 2. The van der Waals surface area contributed by atoms with Gasteiger partial charge in [0.25, 0.3) is 0 Å². The summed E-state index contributed by atoms with van der Waals surface area (Å²) in [6, 6.07) is 0. The van der Waals surface area contributed by atoms with Crippen molar-refractivity contribution in [1.29, 1.82) is 0 Å². The minimum Gasteiger partial charge on any atom is -0.369 e. The molecule has 0 bridgehead atoms. The highest BCUT2D eigenvalue weighted by Gasteiger charge is 2.31. The zero-order valence-electron chi connectivity index (χ0n) is 7.41. The van der Waals surface area contributed by atoms with Gasteiger partial charge in [0.2, 0.25) is 5.91 Å². The monoisotopic (exact) mass is 199 g/mol. The number of aromatic nitrogens is 2. The summed E-state index contributed by atoms with van der Waals surface area (Å²) in [6.45, 7) is 3.32. The highest BCUT2D eigenvalue weighted by atomic mass is 35.5. The number of rotatable bonds is 2. The Bertz CT molecular complexity index is 338.